The average Bonchev–Trinajstić information content (AvgIpc) is 3.36. The molecule has 4 rings (SSSR count). The van der Waals surface area contributed by atoms with E-state index in [2.05, 4.69) is 15.6 Å². The van der Waals surface area contributed by atoms with E-state index < -0.39 is 35.4 Å². The van der Waals surface area contributed by atoms with Gasteiger partial charge in [-0.1, -0.05) is 29.8 Å². The standard InChI is InChI=1S/C29H30F3N3O5/c1-17-2-6-21(7-3-17)28-35-25(26(40-28)29(30,31)32)27(39)33-15-14-23(36)34-22-12-10-20(11-13-22)19-8-4-18(5-9-19)16-24(37)38/h2-3,6-7,10-13,18-19H,4-5,8-9,14-16H2,1H3,(H,33,39)(H,34,36)(H,37,38). The molecule has 3 aromatic rings. The SMILES string of the molecule is Cc1ccc(-c2nc(C(=O)NCCC(=O)Nc3ccc(C4CCC(CC(=O)O)CC4)cc3)c(C(F)(F)F)o2)cc1. The van der Waals surface area contributed by atoms with Crippen LogP contribution < -0.4 is 10.6 Å². The third-order valence-corrected chi connectivity index (χ3v) is 7.01. The zero-order valence-electron chi connectivity index (χ0n) is 21.9. The van der Waals surface area contributed by atoms with Crippen LogP contribution in [0.1, 0.15) is 71.8 Å². The van der Waals surface area contributed by atoms with Crippen molar-refractivity contribution in [3.63, 3.8) is 0 Å². The maximum Gasteiger partial charge on any atom is 0.452 e. The maximum atomic E-state index is 13.5. The van der Waals surface area contributed by atoms with Crippen LogP contribution in [0.25, 0.3) is 11.5 Å². The second-order valence-electron chi connectivity index (χ2n) is 10.1. The molecule has 0 saturated heterocycles. The van der Waals surface area contributed by atoms with Gasteiger partial charge in [-0.3, -0.25) is 14.4 Å². The third kappa shape index (κ3) is 7.49. The molecule has 8 nitrogen and oxygen atoms in total. The van der Waals surface area contributed by atoms with Crippen molar-refractivity contribution in [2.75, 3.05) is 11.9 Å². The molecule has 212 valence electrons. The number of alkyl halides is 3. The predicted octanol–water partition coefficient (Wildman–Crippen LogP) is 6.18. The van der Waals surface area contributed by atoms with E-state index >= 15 is 0 Å². The molecule has 2 aromatic carbocycles. The molecule has 3 N–H and O–H groups in total. The number of nitrogens with one attached hydrogen (secondary N) is 2. The molecule has 1 aliphatic rings. The van der Waals surface area contributed by atoms with Gasteiger partial charge in [0.1, 0.15) is 0 Å². The lowest BCUT2D eigenvalue weighted by Gasteiger charge is -2.28. The van der Waals surface area contributed by atoms with E-state index in [9.17, 15) is 27.6 Å². The Morgan fingerprint density at radius 3 is 2.25 bits per heavy atom. The van der Waals surface area contributed by atoms with Crippen molar-refractivity contribution >= 4 is 23.5 Å². The number of halogens is 3. The molecule has 0 aliphatic heterocycles. The highest BCUT2D eigenvalue weighted by Gasteiger charge is 2.42. The van der Waals surface area contributed by atoms with E-state index in [0.29, 0.717) is 17.2 Å². The second-order valence-corrected chi connectivity index (χ2v) is 10.1. The number of aliphatic carboxylic acids is 1. The second kappa shape index (κ2) is 12.4. The maximum absolute atomic E-state index is 13.5. The lowest BCUT2D eigenvalue weighted by molar-refractivity contribution is -0.153. The van der Waals surface area contributed by atoms with Crippen molar-refractivity contribution in [1.82, 2.24) is 10.3 Å². The molecule has 0 spiro atoms. The van der Waals surface area contributed by atoms with Crippen molar-refractivity contribution in [3.8, 4) is 11.5 Å². The van der Waals surface area contributed by atoms with Crippen LogP contribution >= 0.6 is 0 Å². The Labute approximate surface area is 229 Å². The molecule has 11 heteroatoms. The summed E-state index contributed by atoms with van der Waals surface area (Å²) in [7, 11) is 0. The molecular formula is C29H30F3N3O5. The number of carbonyl (C=O) groups excluding carboxylic acids is 2. The first-order valence-corrected chi connectivity index (χ1v) is 13.0. The van der Waals surface area contributed by atoms with Gasteiger partial charge in [-0.15, -0.1) is 0 Å². The number of carbonyl (C=O) groups is 3. The van der Waals surface area contributed by atoms with E-state index in [4.69, 9.17) is 9.52 Å². The summed E-state index contributed by atoms with van der Waals surface area (Å²) in [5.41, 5.74) is 1.98. The number of hydrogen-bond acceptors (Lipinski definition) is 5. The van der Waals surface area contributed by atoms with Crippen LogP contribution in [0.3, 0.4) is 0 Å². The fourth-order valence-electron chi connectivity index (χ4n) is 4.87. The first kappa shape index (κ1) is 28.8. The van der Waals surface area contributed by atoms with Gasteiger partial charge in [0.15, 0.2) is 5.69 Å². The van der Waals surface area contributed by atoms with Crippen LogP contribution in [-0.2, 0) is 15.8 Å². The Morgan fingerprint density at radius 1 is 1.00 bits per heavy atom. The highest BCUT2D eigenvalue weighted by molar-refractivity contribution is 5.95. The van der Waals surface area contributed by atoms with Gasteiger partial charge in [0.2, 0.25) is 17.6 Å². The summed E-state index contributed by atoms with van der Waals surface area (Å²) in [5, 5.41) is 14.0. The molecule has 1 aliphatic carbocycles. The summed E-state index contributed by atoms with van der Waals surface area (Å²) in [6.45, 7) is 1.62. The number of nitrogens with zero attached hydrogens (tertiary/aromatic N) is 1. The predicted molar refractivity (Wildman–Crippen MR) is 141 cm³/mol. The smallest absolute Gasteiger partial charge is 0.452 e. The number of hydrogen-bond donors (Lipinski definition) is 3. The minimum Gasteiger partial charge on any atom is -0.481 e. The molecule has 1 aromatic heterocycles. The number of carboxylic acid groups (broad SMARTS) is 1. The average molecular weight is 558 g/mol. The highest BCUT2D eigenvalue weighted by Crippen LogP contribution is 2.37. The molecule has 2 amide bonds. The largest absolute Gasteiger partial charge is 0.481 e. The highest BCUT2D eigenvalue weighted by atomic mass is 19.4. The fraction of sp³-hybridized carbons (Fsp3) is 0.379. The third-order valence-electron chi connectivity index (χ3n) is 7.01. The van der Waals surface area contributed by atoms with E-state index in [1.54, 1.807) is 36.4 Å². The summed E-state index contributed by atoms with van der Waals surface area (Å²) in [6.07, 6.45) is -1.32. The van der Waals surface area contributed by atoms with Gasteiger partial charge in [0, 0.05) is 30.6 Å². The van der Waals surface area contributed by atoms with Crippen LogP contribution in [0, 0.1) is 12.8 Å². The number of carboxylic acids is 1. The Hall–Kier alpha value is -4.15. The van der Waals surface area contributed by atoms with Crippen LogP contribution in [-0.4, -0.2) is 34.4 Å². The number of benzene rings is 2. The van der Waals surface area contributed by atoms with Crippen molar-refractivity contribution in [2.24, 2.45) is 5.92 Å². The zero-order chi connectivity index (χ0) is 28.9. The van der Waals surface area contributed by atoms with Gasteiger partial charge < -0.3 is 20.2 Å². The van der Waals surface area contributed by atoms with E-state index in [1.807, 2.05) is 19.1 Å². The molecular weight excluding hydrogens is 527 g/mol. The fourth-order valence-corrected chi connectivity index (χ4v) is 4.87. The molecule has 0 atom stereocenters. The van der Waals surface area contributed by atoms with E-state index in [0.717, 1.165) is 36.8 Å². The first-order chi connectivity index (χ1) is 19.0. The Bertz CT molecular complexity index is 1340. The number of amides is 2. The zero-order valence-corrected chi connectivity index (χ0v) is 21.9. The minimum atomic E-state index is -4.93. The van der Waals surface area contributed by atoms with Crippen LogP contribution in [0.15, 0.2) is 52.9 Å². The van der Waals surface area contributed by atoms with Crippen molar-refractivity contribution in [2.45, 2.75) is 57.5 Å². The number of aryl methyl sites for hydroxylation is 1. The Morgan fingerprint density at radius 2 is 1.65 bits per heavy atom. The van der Waals surface area contributed by atoms with Crippen molar-refractivity contribution in [3.05, 3.63) is 71.1 Å². The van der Waals surface area contributed by atoms with Gasteiger partial charge in [-0.2, -0.15) is 13.2 Å². The molecule has 0 bridgehead atoms. The van der Waals surface area contributed by atoms with Crippen LogP contribution in [0.2, 0.25) is 0 Å². The van der Waals surface area contributed by atoms with Crippen LogP contribution in [0.4, 0.5) is 18.9 Å². The van der Waals surface area contributed by atoms with Gasteiger partial charge in [-0.25, -0.2) is 4.98 Å². The van der Waals surface area contributed by atoms with Gasteiger partial charge >= 0.3 is 12.1 Å². The lowest BCUT2D eigenvalue weighted by atomic mass is 9.77. The summed E-state index contributed by atoms with van der Waals surface area (Å²) in [4.78, 5) is 39.6. The number of anilines is 1. The molecule has 40 heavy (non-hydrogen) atoms. The van der Waals surface area contributed by atoms with Gasteiger partial charge in [-0.05, 0) is 74.3 Å². The summed E-state index contributed by atoms with van der Waals surface area (Å²) in [6, 6.07) is 13.9. The first-order valence-electron chi connectivity index (χ1n) is 13.0. The number of rotatable bonds is 9. The van der Waals surface area contributed by atoms with Crippen LogP contribution in [0.5, 0.6) is 0 Å². The normalized spacial score (nSPS) is 17.3. The van der Waals surface area contributed by atoms with Crippen molar-refractivity contribution < 1.29 is 37.1 Å². The Balaban J connectivity index is 1.28. The van der Waals surface area contributed by atoms with Gasteiger partial charge in [0.25, 0.3) is 5.91 Å². The van der Waals surface area contributed by atoms with E-state index in [-0.39, 0.29) is 31.2 Å². The number of aromatic nitrogens is 1. The van der Waals surface area contributed by atoms with E-state index in [1.165, 1.54) is 0 Å². The lowest BCUT2D eigenvalue weighted by Crippen LogP contribution is -2.29. The quantitative estimate of drug-likeness (QED) is 0.289. The summed E-state index contributed by atoms with van der Waals surface area (Å²) >= 11 is 0. The molecule has 0 radical (unpaired) electrons. The molecule has 0 unspecified atom stereocenters. The van der Waals surface area contributed by atoms with Crippen molar-refractivity contribution in [1.29, 1.82) is 0 Å². The molecule has 1 heterocycles. The van der Waals surface area contributed by atoms with Gasteiger partial charge in [0.05, 0.1) is 0 Å². The number of oxazole rings is 1. The monoisotopic (exact) mass is 557 g/mol. The topological polar surface area (TPSA) is 122 Å². The Kier molecular flexibility index (Phi) is 8.91. The molecule has 1 fully saturated rings. The summed E-state index contributed by atoms with van der Waals surface area (Å²) < 4.78 is 45.4. The summed E-state index contributed by atoms with van der Waals surface area (Å²) in [5.74, 6) is -3.54. The minimum absolute atomic E-state index is 0.162. The molecule has 1 saturated carbocycles.